The van der Waals surface area contributed by atoms with Gasteiger partial charge in [0.15, 0.2) is 0 Å². The van der Waals surface area contributed by atoms with Gasteiger partial charge >= 0.3 is 17.4 Å². The van der Waals surface area contributed by atoms with E-state index in [2.05, 4.69) is 0 Å². The molecule has 0 fully saturated rings. The van der Waals surface area contributed by atoms with Crippen molar-refractivity contribution < 1.29 is 24.0 Å². The summed E-state index contributed by atoms with van der Waals surface area (Å²) in [6, 6.07) is 0.142. The molecule has 0 amide bonds. The topological polar surface area (TPSA) is 101 Å². The van der Waals surface area contributed by atoms with Crippen LogP contribution in [0.3, 0.4) is 0 Å². The molecule has 0 saturated carbocycles. The molecular formula is C5H17IO5Si2. The SMILES string of the molecule is CC(C)C[Si](O)(O)C[Si](O)(O)O.I. The summed E-state index contributed by atoms with van der Waals surface area (Å²) >= 11 is 0. The van der Waals surface area contributed by atoms with E-state index in [0.29, 0.717) is 0 Å². The Morgan fingerprint density at radius 1 is 1.00 bits per heavy atom. The Kier molecular flexibility index (Phi) is 7.25. The number of hydrogen-bond acceptors (Lipinski definition) is 5. The second-order valence-electron chi connectivity index (χ2n) is 3.53. The largest absolute Gasteiger partial charge is 0.494 e. The predicted molar refractivity (Wildman–Crippen MR) is 62.5 cm³/mol. The third kappa shape index (κ3) is 10.9. The fraction of sp³-hybridized carbons (Fsp3) is 1.00. The van der Waals surface area contributed by atoms with Crippen molar-refractivity contribution in [1.29, 1.82) is 0 Å². The molecule has 8 heteroatoms. The van der Waals surface area contributed by atoms with Crippen molar-refractivity contribution in [3.63, 3.8) is 0 Å². The van der Waals surface area contributed by atoms with Crippen LogP contribution in [0.15, 0.2) is 0 Å². The van der Waals surface area contributed by atoms with Gasteiger partial charge < -0.3 is 24.0 Å². The molecule has 0 aromatic heterocycles. The fourth-order valence-electron chi connectivity index (χ4n) is 1.11. The van der Waals surface area contributed by atoms with Crippen LogP contribution in [0.2, 0.25) is 11.7 Å². The van der Waals surface area contributed by atoms with E-state index in [4.69, 9.17) is 14.4 Å². The van der Waals surface area contributed by atoms with E-state index in [1.807, 2.05) is 0 Å². The summed E-state index contributed by atoms with van der Waals surface area (Å²) in [4.78, 5) is 44.4. The third-order valence-electron chi connectivity index (χ3n) is 1.26. The highest BCUT2D eigenvalue weighted by atomic mass is 127. The maximum Gasteiger partial charge on any atom is 0.494 e. The van der Waals surface area contributed by atoms with Gasteiger partial charge in [-0.25, -0.2) is 0 Å². The average Bonchev–Trinajstić information content (AvgIpc) is 1.48. The van der Waals surface area contributed by atoms with Crippen LogP contribution in [-0.4, -0.2) is 41.3 Å². The second-order valence-corrected chi connectivity index (χ2v) is 8.87. The molecule has 0 rings (SSSR count). The first kappa shape index (κ1) is 16.4. The molecule has 13 heavy (non-hydrogen) atoms. The quantitative estimate of drug-likeness (QED) is 0.339. The number of halogens is 1. The minimum atomic E-state index is -4.30. The third-order valence-corrected chi connectivity index (χ3v) is 6.89. The zero-order valence-electron chi connectivity index (χ0n) is 7.64. The van der Waals surface area contributed by atoms with E-state index >= 15 is 0 Å². The minimum absolute atomic E-state index is 0. The number of hydrogen-bond donors (Lipinski definition) is 5. The van der Waals surface area contributed by atoms with Crippen molar-refractivity contribution in [3.05, 3.63) is 0 Å². The van der Waals surface area contributed by atoms with Crippen LogP contribution in [0.1, 0.15) is 13.8 Å². The van der Waals surface area contributed by atoms with Crippen LogP contribution < -0.4 is 0 Å². The van der Waals surface area contributed by atoms with Crippen LogP contribution in [0.25, 0.3) is 0 Å². The Bertz CT molecular complexity index is 146. The first-order chi connectivity index (χ1) is 5.12. The standard InChI is InChI=1S/C5H16O5Si2.HI/c1-5(2)3-11(6,7)4-12(8,9)10;/h5-10H,3-4H2,1-2H3;1H. The van der Waals surface area contributed by atoms with Gasteiger partial charge in [0.05, 0.1) is 5.67 Å². The molecule has 0 atom stereocenters. The molecule has 0 aliphatic carbocycles. The molecule has 82 valence electrons. The summed E-state index contributed by atoms with van der Waals surface area (Å²) in [5, 5.41) is 0. The highest BCUT2D eigenvalue weighted by molar-refractivity contribution is 14.0. The lowest BCUT2D eigenvalue weighted by molar-refractivity contribution is 0.226. The second kappa shape index (κ2) is 5.75. The van der Waals surface area contributed by atoms with Crippen LogP contribution in [-0.2, 0) is 0 Å². The molecule has 0 heterocycles. The zero-order chi connectivity index (χ0) is 9.99. The van der Waals surface area contributed by atoms with E-state index < -0.39 is 23.0 Å². The molecule has 0 spiro atoms. The highest BCUT2D eigenvalue weighted by Gasteiger charge is 2.43. The van der Waals surface area contributed by atoms with Crippen molar-refractivity contribution in [2.45, 2.75) is 25.6 Å². The normalized spacial score (nSPS) is 12.9. The maximum absolute atomic E-state index is 9.27. The van der Waals surface area contributed by atoms with Gasteiger partial charge in [-0.2, -0.15) is 0 Å². The monoisotopic (exact) mass is 340 g/mol. The first-order valence-corrected chi connectivity index (χ1v) is 8.10. The van der Waals surface area contributed by atoms with E-state index in [-0.39, 0.29) is 35.9 Å². The van der Waals surface area contributed by atoms with Crippen molar-refractivity contribution in [2.24, 2.45) is 5.92 Å². The van der Waals surface area contributed by atoms with E-state index in [0.717, 1.165) is 0 Å². The Morgan fingerprint density at radius 3 is 1.62 bits per heavy atom. The minimum Gasteiger partial charge on any atom is -0.411 e. The summed E-state index contributed by atoms with van der Waals surface area (Å²) in [7, 11) is -7.89. The van der Waals surface area contributed by atoms with Crippen LogP contribution >= 0.6 is 24.0 Å². The van der Waals surface area contributed by atoms with E-state index in [1.54, 1.807) is 13.8 Å². The van der Waals surface area contributed by atoms with Crippen LogP contribution in [0, 0.1) is 5.92 Å². The molecular weight excluding hydrogens is 323 g/mol. The molecule has 0 aliphatic heterocycles. The summed E-state index contributed by atoms with van der Waals surface area (Å²) in [6.07, 6.45) is 0. The Morgan fingerprint density at radius 2 is 1.38 bits per heavy atom. The van der Waals surface area contributed by atoms with Crippen LogP contribution in [0.5, 0.6) is 0 Å². The number of rotatable bonds is 4. The van der Waals surface area contributed by atoms with Crippen molar-refractivity contribution in [2.75, 3.05) is 0 Å². The van der Waals surface area contributed by atoms with Gasteiger partial charge in [0, 0.05) is 0 Å². The van der Waals surface area contributed by atoms with Gasteiger partial charge in [-0.05, 0) is 12.0 Å². The van der Waals surface area contributed by atoms with Gasteiger partial charge in [0.2, 0.25) is 0 Å². The lowest BCUT2D eigenvalue weighted by Crippen LogP contribution is -2.49. The Hall–Kier alpha value is 0.964. The van der Waals surface area contributed by atoms with Crippen molar-refractivity contribution >= 4 is 41.3 Å². The Balaban J connectivity index is 0. The summed E-state index contributed by atoms with van der Waals surface area (Å²) < 4.78 is 0. The fourth-order valence-corrected chi connectivity index (χ4v) is 6.03. The molecule has 0 saturated heterocycles. The predicted octanol–water partition coefficient (Wildman–Crippen LogP) is -0.858. The van der Waals surface area contributed by atoms with Gasteiger partial charge in [0.1, 0.15) is 0 Å². The summed E-state index contributed by atoms with van der Waals surface area (Å²) in [5.74, 6) is 0.0722. The van der Waals surface area contributed by atoms with Gasteiger partial charge in [0.25, 0.3) is 0 Å². The summed E-state index contributed by atoms with van der Waals surface area (Å²) in [6.45, 7) is 3.59. The van der Waals surface area contributed by atoms with Crippen LogP contribution in [0.4, 0.5) is 0 Å². The molecule has 0 radical (unpaired) electrons. The molecule has 0 aromatic carbocycles. The zero-order valence-corrected chi connectivity index (χ0v) is 12.0. The van der Waals surface area contributed by atoms with Gasteiger partial charge in [-0.15, -0.1) is 24.0 Å². The first-order valence-electron chi connectivity index (χ1n) is 3.74. The van der Waals surface area contributed by atoms with Crippen molar-refractivity contribution in [1.82, 2.24) is 0 Å². The highest BCUT2D eigenvalue weighted by Crippen LogP contribution is 2.18. The molecule has 0 aromatic rings. The molecule has 0 aliphatic rings. The maximum atomic E-state index is 9.27. The smallest absolute Gasteiger partial charge is 0.411 e. The van der Waals surface area contributed by atoms with E-state index in [9.17, 15) is 9.59 Å². The van der Waals surface area contributed by atoms with Gasteiger partial charge in [-0.1, -0.05) is 13.8 Å². The summed E-state index contributed by atoms with van der Waals surface area (Å²) in [5.41, 5.74) is -0.627. The van der Waals surface area contributed by atoms with Gasteiger partial charge in [-0.3, -0.25) is 0 Å². The lowest BCUT2D eigenvalue weighted by atomic mass is 10.3. The molecule has 5 N–H and O–H groups in total. The molecule has 5 nitrogen and oxygen atoms in total. The molecule has 0 unspecified atom stereocenters. The van der Waals surface area contributed by atoms with Crippen molar-refractivity contribution in [3.8, 4) is 0 Å². The molecule has 0 bridgehead atoms. The lowest BCUT2D eigenvalue weighted by Gasteiger charge is -2.22. The average molecular weight is 340 g/mol. The Labute approximate surface area is 96.7 Å². The van der Waals surface area contributed by atoms with E-state index in [1.165, 1.54) is 0 Å².